The Hall–Kier alpha value is -1.77. The molecule has 4 nitrogen and oxygen atoms in total. The van der Waals surface area contributed by atoms with E-state index in [1.165, 1.54) is 0 Å². The van der Waals surface area contributed by atoms with Crippen molar-refractivity contribution in [1.82, 2.24) is 0 Å². The highest BCUT2D eigenvalue weighted by molar-refractivity contribution is 7.58. The average molecular weight is 306 g/mol. The minimum atomic E-state index is -2.99. The van der Waals surface area contributed by atoms with E-state index in [9.17, 15) is 4.57 Å². The predicted octanol–water partition coefficient (Wildman–Crippen LogP) is 4.37. The molecule has 2 aromatic rings. The van der Waals surface area contributed by atoms with Gasteiger partial charge in [0, 0.05) is 0 Å². The first-order valence-electron chi connectivity index (χ1n) is 6.80. The molecule has 0 heterocycles. The lowest BCUT2D eigenvalue weighted by Crippen LogP contribution is -2.09. The molecule has 0 unspecified atom stereocenters. The van der Waals surface area contributed by atoms with Gasteiger partial charge in [0.15, 0.2) is 12.7 Å². The van der Waals surface area contributed by atoms with E-state index in [0.717, 1.165) is 0 Å². The van der Waals surface area contributed by atoms with E-state index in [1.807, 2.05) is 60.7 Å². The number of hydrogen-bond acceptors (Lipinski definition) is 4. The van der Waals surface area contributed by atoms with Crippen molar-refractivity contribution >= 4 is 7.37 Å². The van der Waals surface area contributed by atoms with Gasteiger partial charge in [0.2, 0.25) is 0 Å². The van der Waals surface area contributed by atoms with E-state index in [2.05, 4.69) is 0 Å². The van der Waals surface area contributed by atoms with Gasteiger partial charge in [-0.2, -0.15) is 0 Å². The molecule has 21 heavy (non-hydrogen) atoms. The highest BCUT2D eigenvalue weighted by atomic mass is 31.2. The van der Waals surface area contributed by atoms with E-state index in [0.29, 0.717) is 18.1 Å². The summed E-state index contributed by atoms with van der Waals surface area (Å²) in [5, 5.41) is 0. The fourth-order valence-corrected chi connectivity index (χ4v) is 3.11. The lowest BCUT2D eigenvalue weighted by atomic mass is 10.3. The third kappa shape index (κ3) is 5.25. The molecule has 0 amide bonds. The summed E-state index contributed by atoms with van der Waals surface area (Å²) in [5.41, 5.74) is 0. The minimum absolute atomic E-state index is 0.00229. The molecule has 0 aromatic heterocycles. The third-order valence-electron chi connectivity index (χ3n) is 2.71. The van der Waals surface area contributed by atoms with Gasteiger partial charge in [-0.05, 0) is 31.2 Å². The molecule has 0 N–H and O–H groups in total. The molecule has 0 fully saturated rings. The first kappa shape index (κ1) is 15.6. The summed E-state index contributed by atoms with van der Waals surface area (Å²) < 4.78 is 29.2. The Balaban J connectivity index is 1.94. The Kier molecular flexibility index (Phi) is 5.85. The maximum atomic E-state index is 12.7. The van der Waals surface area contributed by atoms with Gasteiger partial charge in [0.05, 0.1) is 6.61 Å². The van der Waals surface area contributed by atoms with E-state index < -0.39 is 7.37 Å². The van der Waals surface area contributed by atoms with Crippen LogP contribution in [0.1, 0.15) is 6.92 Å². The summed E-state index contributed by atoms with van der Waals surface area (Å²) in [6, 6.07) is 18.5. The zero-order valence-corrected chi connectivity index (χ0v) is 12.9. The van der Waals surface area contributed by atoms with E-state index >= 15 is 0 Å². The Morgan fingerprint density at radius 3 is 1.62 bits per heavy atom. The van der Waals surface area contributed by atoms with Crippen LogP contribution in [0.4, 0.5) is 0 Å². The standard InChI is InChI=1S/C16H19O4P/c1-2-20-21(17,13-18-15-9-5-3-6-10-15)14-19-16-11-7-4-8-12-16/h3-12H,2,13-14H2,1H3. The lowest BCUT2D eigenvalue weighted by Gasteiger charge is -2.18. The molecule has 0 aliphatic rings. The quantitative estimate of drug-likeness (QED) is 0.679. The number of hydrogen-bond donors (Lipinski definition) is 0. The van der Waals surface area contributed by atoms with Crippen molar-refractivity contribution in [3.63, 3.8) is 0 Å². The second kappa shape index (κ2) is 7.87. The Labute approximate surface area is 125 Å². The zero-order chi connectivity index (χ0) is 15.0. The normalized spacial score (nSPS) is 11.1. The number of rotatable bonds is 8. The lowest BCUT2D eigenvalue weighted by molar-refractivity contribution is 0.265. The highest BCUT2D eigenvalue weighted by Gasteiger charge is 2.25. The number of ether oxygens (including phenoxy) is 2. The van der Waals surface area contributed by atoms with Crippen molar-refractivity contribution in [2.24, 2.45) is 0 Å². The van der Waals surface area contributed by atoms with Gasteiger partial charge in [0.25, 0.3) is 7.37 Å². The third-order valence-corrected chi connectivity index (χ3v) is 4.48. The van der Waals surface area contributed by atoms with Crippen LogP contribution in [0.5, 0.6) is 11.5 Å². The molecule has 0 aliphatic heterocycles. The van der Waals surface area contributed by atoms with Crippen LogP contribution >= 0.6 is 7.37 Å². The summed E-state index contributed by atoms with van der Waals surface area (Å²) in [6.07, 6.45) is -0.00459. The minimum Gasteiger partial charge on any atom is -0.483 e. The van der Waals surface area contributed by atoms with Crippen LogP contribution in [0.25, 0.3) is 0 Å². The SMILES string of the molecule is CCOP(=O)(COc1ccccc1)COc1ccccc1. The van der Waals surface area contributed by atoms with Crippen LogP contribution in [0.3, 0.4) is 0 Å². The molecule has 112 valence electrons. The Bertz CT molecular complexity index is 524. The van der Waals surface area contributed by atoms with E-state index in [-0.39, 0.29) is 12.7 Å². The van der Waals surface area contributed by atoms with E-state index in [4.69, 9.17) is 14.0 Å². The van der Waals surface area contributed by atoms with E-state index in [1.54, 1.807) is 6.92 Å². The van der Waals surface area contributed by atoms with Crippen LogP contribution in [0.2, 0.25) is 0 Å². The summed E-state index contributed by atoms with van der Waals surface area (Å²) in [5.74, 6) is 1.33. The molecular formula is C16H19O4P. The fraction of sp³-hybridized carbons (Fsp3) is 0.250. The van der Waals surface area contributed by atoms with Crippen LogP contribution in [-0.2, 0) is 9.09 Å². The summed E-state index contributed by atoms with van der Waals surface area (Å²) in [7, 11) is -2.99. The van der Waals surface area contributed by atoms with Gasteiger partial charge in [-0.3, -0.25) is 4.57 Å². The first-order valence-corrected chi connectivity index (χ1v) is 8.80. The summed E-state index contributed by atoms with van der Waals surface area (Å²) >= 11 is 0. The maximum Gasteiger partial charge on any atom is 0.275 e. The van der Waals surface area contributed by atoms with Crippen molar-refractivity contribution in [2.75, 3.05) is 19.3 Å². The van der Waals surface area contributed by atoms with Gasteiger partial charge < -0.3 is 14.0 Å². The van der Waals surface area contributed by atoms with Crippen LogP contribution < -0.4 is 9.47 Å². The molecule has 2 aromatic carbocycles. The van der Waals surface area contributed by atoms with Gasteiger partial charge in [0.1, 0.15) is 11.5 Å². The molecule has 0 saturated carbocycles. The molecule has 2 rings (SSSR count). The molecule has 0 aliphatic carbocycles. The molecule has 0 atom stereocenters. The maximum absolute atomic E-state index is 12.7. The molecular weight excluding hydrogens is 287 g/mol. The highest BCUT2D eigenvalue weighted by Crippen LogP contribution is 2.46. The molecule has 0 spiro atoms. The van der Waals surface area contributed by atoms with Crippen molar-refractivity contribution in [2.45, 2.75) is 6.92 Å². The van der Waals surface area contributed by atoms with Gasteiger partial charge in [-0.25, -0.2) is 0 Å². The molecule has 0 bridgehead atoms. The van der Waals surface area contributed by atoms with Crippen molar-refractivity contribution < 1.29 is 18.6 Å². The Morgan fingerprint density at radius 2 is 1.24 bits per heavy atom. The first-order chi connectivity index (χ1) is 10.2. The molecule has 0 radical (unpaired) electrons. The molecule has 0 saturated heterocycles. The summed E-state index contributed by atoms with van der Waals surface area (Å²) in [4.78, 5) is 0. The van der Waals surface area contributed by atoms with Gasteiger partial charge in [-0.1, -0.05) is 36.4 Å². The van der Waals surface area contributed by atoms with Crippen LogP contribution in [-0.4, -0.2) is 19.3 Å². The molecule has 5 heteroatoms. The number of benzene rings is 2. The van der Waals surface area contributed by atoms with Crippen LogP contribution in [0, 0.1) is 0 Å². The second-order valence-electron chi connectivity index (χ2n) is 4.41. The van der Waals surface area contributed by atoms with Gasteiger partial charge in [-0.15, -0.1) is 0 Å². The zero-order valence-electron chi connectivity index (χ0n) is 12.0. The average Bonchev–Trinajstić information content (AvgIpc) is 2.54. The second-order valence-corrected chi connectivity index (χ2v) is 6.81. The van der Waals surface area contributed by atoms with Crippen molar-refractivity contribution in [3.05, 3.63) is 60.7 Å². The number of para-hydroxylation sites is 2. The topological polar surface area (TPSA) is 44.8 Å². The monoisotopic (exact) mass is 306 g/mol. The van der Waals surface area contributed by atoms with Crippen molar-refractivity contribution in [1.29, 1.82) is 0 Å². The Morgan fingerprint density at radius 1 is 0.810 bits per heavy atom. The summed E-state index contributed by atoms with van der Waals surface area (Å²) in [6.45, 7) is 2.16. The fourth-order valence-electron chi connectivity index (χ4n) is 1.73. The largest absolute Gasteiger partial charge is 0.483 e. The smallest absolute Gasteiger partial charge is 0.275 e. The van der Waals surface area contributed by atoms with Crippen molar-refractivity contribution in [3.8, 4) is 11.5 Å². The van der Waals surface area contributed by atoms with Crippen LogP contribution in [0.15, 0.2) is 60.7 Å². The predicted molar refractivity (Wildman–Crippen MR) is 83.1 cm³/mol. The van der Waals surface area contributed by atoms with Gasteiger partial charge >= 0.3 is 0 Å².